The molecule has 6 nitrogen and oxygen atoms in total. The first-order valence-electron chi connectivity index (χ1n) is 9.16. The Labute approximate surface area is 166 Å². The van der Waals surface area contributed by atoms with Gasteiger partial charge in [-0.25, -0.2) is 8.42 Å². The first-order valence-corrected chi connectivity index (χ1v) is 10.7. The van der Waals surface area contributed by atoms with Crippen molar-refractivity contribution in [1.29, 1.82) is 0 Å². The molecule has 2 aliphatic heterocycles. The number of alkyl halides is 3. The topological polar surface area (TPSA) is 70.7 Å². The molecular formula is C19H20F3N3O3S. The van der Waals surface area contributed by atoms with Crippen LogP contribution in [0.1, 0.15) is 23.3 Å². The van der Waals surface area contributed by atoms with Crippen LogP contribution in [0.5, 0.6) is 11.5 Å². The summed E-state index contributed by atoms with van der Waals surface area (Å²) in [6, 6.07) is 8.08. The quantitative estimate of drug-likeness (QED) is 0.665. The van der Waals surface area contributed by atoms with Crippen LogP contribution in [0, 0.1) is 0 Å². The lowest BCUT2D eigenvalue weighted by Gasteiger charge is -2.30. The third-order valence-corrected chi connectivity index (χ3v) is 7.40. The van der Waals surface area contributed by atoms with Crippen molar-refractivity contribution in [1.82, 2.24) is 9.62 Å². The number of anilines is 2. The van der Waals surface area contributed by atoms with E-state index in [1.54, 1.807) is 25.1 Å². The van der Waals surface area contributed by atoms with Crippen LogP contribution < -0.4 is 15.4 Å². The number of nitrogens with one attached hydrogen (secondary N) is 2. The number of hydrogen-bond donors (Lipinski definition) is 2. The van der Waals surface area contributed by atoms with Gasteiger partial charge in [0.25, 0.3) is 0 Å². The standard InChI is InChI=1S/C19H20F3N3O3S/c1-12(29(26,27)25-8-6-23-7-9-25)13-2-5-17-16(10-13)24-15-4-3-14(19(20,21)22)11-18(15)28-17/h2-5,10-12,23-24H,6-9H2,1H3. The van der Waals surface area contributed by atoms with Crippen molar-refractivity contribution in [3.63, 3.8) is 0 Å². The van der Waals surface area contributed by atoms with Crippen LogP contribution >= 0.6 is 0 Å². The Morgan fingerprint density at radius 3 is 2.45 bits per heavy atom. The molecule has 10 heteroatoms. The summed E-state index contributed by atoms with van der Waals surface area (Å²) in [4.78, 5) is 0. The minimum absolute atomic E-state index is 0.0709. The fourth-order valence-corrected chi connectivity index (χ4v) is 5.06. The van der Waals surface area contributed by atoms with Crippen molar-refractivity contribution in [2.75, 3.05) is 31.5 Å². The molecular weight excluding hydrogens is 407 g/mol. The summed E-state index contributed by atoms with van der Waals surface area (Å²) in [5, 5.41) is 5.40. The van der Waals surface area contributed by atoms with E-state index in [2.05, 4.69) is 10.6 Å². The second-order valence-electron chi connectivity index (χ2n) is 7.03. The van der Waals surface area contributed by atoms with Crippen LogP contribution in [0.4, 0.5) is 24.5 Å². The Bertz CT molecular complexity index is 1030. The highest BCUT2D eigenvalue weighted by Gasteiger charge is 2.33. The molecule has 4 rings (SSSR count). The largest absolute Gasteiger partial charge is 0.453 e. The van der Waals surface area contributed by atoms with Crippen LogP contribution in [0.25, 0.3) is 0 Å². The van der Waals surface area contributed by atoms with Crippen LogP contribution in [0.15, 0.2) is 36.4 Å². The lowest BCUT2D eigenvalue weighted by molar-refractivity contribution is -0.137. The predicted molar refractivity (Wildman–Crippen MR) is 103 cm³/mol. The Morgan fingerprint density at radius 1 is 1.03 bits per heavy atom. The van der Waals surface area contributed by atoms with Gasteiger partial charge in [-0.05, 0) is 42.8 Å². The van der Waals surface area contributed by atoms with E-state index in [-0.39, 0.29) is 5.75 Å². The number of rotatable bonds is 3. The number of sulfonamides is 1. The Hall–Kier alpha value is -2.30. The van der Waals surface area contributed by atoms with Crippen molar-refractivity contribution < 1.29 is 26.3 Å². The highest BCUT2D eigenvalue weighted by Crippen LogP contribution is 2.45. The summed E-state index contributed by atoms with van der Waals surface area (Å²) in [6.07, 6.45) is -4.46. The summed E-state index contributed by atoms with van der Waals surface area (Å²) < 4.78 is 71.7. The van der Waals surface area contributed by atoms with Crippen molar-refractivity contribution >= 4 is 21.4 Å². The van der Waals surface area contributed by atoms with Crippen molar-refractivity contribution in [3.8, 4) is 11.5 Å². The zero-order valence-electron chi connectivity index (χ0n) is 15.6. The summed E-state index contributed by atoms with van der Waals surface area (Å²) in [5.74, 6) is 0.411. The first-order chi connectivity index (χ1) is 13.7. The average Bonchev–Trinajstić information content (AvgIpc) is 2.70. The maximum atomic E-state index is 12.9. The number of benzene rings is 2. The molecule has 1 fully saturated rings. The molecule has 0 radical (unpaired) electrons. The minimum atomic E-state index is -4.46. The molecule has 156 valence electrons. The van der Waals surface area contributed by atoms with E-state index in [9.17, 15) is 21.6 Å². The number of halogens is 3. The molecule has 2 N–H and O–H groups in total. The monoisotopic (exact) mass is 427 g/mol. The Kier molecular flexibility index (Phi) is 4.96. The van der Waals surface area contributed by atoms with Gasteiger partial charge in [-0.3, -0.25) is 0 Å². The van der Waals surface area contributed by atoms with E-state index in [0.29, 0.717) is 48.9 Å². The molecule has 0 aliphatic carbocycles. The summed E-state index contributed by atoms with van der Waals surface area (Å²) in [7, 11) is -3.52. The number of fused-ring (bicyclic) bond motifs is 2. The molecule has 2 aliphatic rings. The molecule has 0 amide bonds. The molecule has 1 unspecified atom stereocenters. The number of hydrogen-bond acceptors (Lipinski definition) is 5. The lowest BCUT2D eigenvalue weighted by atomic mass is 10.1. The van der Waals surface area contributed by atoms with Crippen LogP contribution in [-0.4, -0.2) is 38.9 Å². The van der Waals surface area contributed by atoms with E-state index in [0.717, 1.165) is 12.1 Å². The number of nitrogens with zero attached hydrogens (tertiary/aromatic N) is 1. The highest BCUT2D eigenvalue weighted by molar-refractivity contribution is 7.89. The fourth-order valence-electron chi connectivity index (χ4n) is 3.43. The first kappa shape index (κ1) is 20.0. The van der Waals surface area contributed by atoms with Crippen LogP contribution in [-0.2, 0) is 16.2 Å². The maximum Gasteiger partial charge on any atom is 0.416 e. The van der Waals surface area contributed by atoms with Gasteiger partial charge in [0.05, 0.1) is 22.2 Å². The highest BCUT2D eigenvalue weighted by atomic mass is 32.2. The molecule has 1 atom stereocenters. The van der Waals surface area contributed by atoms with Gasteiger partial charge in [0.15, 0.2) is 11.5 Å². The lowest BCUT2D eigenvalue weighted by Crippen LogP contribution is -2.47. The van der Waals surface area contributed by atoms with Gasteiger partial charge >= 0.3 is 6.18 Å². The molecule has 0 saturated carbocycles. The third-order valence-electron chi connectivity index (χ3n) is 5.15. The average molecular weight is 427 g/mol. The Balaban J connectivity index is 1.60. The molecule has 0 aromatic heterocycles. The minimum Gasteiger partial charge on any atom is -0.453 e. The van der Waals surface area contributed by atoms with Gasteiger partial charge in [0.2, 0.25) is 10.0 Å². The zero-order valence-corrected chi connectivity index (χ0v) is 16.4. The van der Waals surface area contributed by atoms with Crippen molar-refractivity contribution in [3.05, 3.63) is 47.5 Å². The number of piperazine rings is 1. The normalized spacial score (nSPS) is 18.2. The SMILES string of the molecule is CC(c1ccc2c(c1)Nc1ccc(C(F)(F)F)cc1O2)S(=O)(=O)N1CCNCC1. The van der Waals surface area contributed by atoms with Crippen molar-refractivity contribution in [2.24, 2.45) is 0 Å². The van der Waals surface area contributed by atoms with E-state index >= 15 is 0 Å². The summed E-state index contributed by atoms with van der Waals surface area (Å²) >= 11 is 0. The van der Waals surface area contributed by atoms with Gasteiger partial charge in [0.1, 0.15) is 0 Å². The number of ether oxygens (including phenoxy) is 1. The predicted octanol–water partition coefficient (Wildman–Crippen LogP) is 3.85. The van der Waals surface area contributed by atoms with Crippen LogP contribution in [0.2, 0.25) is 0 Å². The zero-order chi connectivity index (χ0) is 20.8. The van der Waals surface area contributed by atoms with Crippen LogP contribution in [0.3, 0.4) is 0 Å². The van der Waals surface area contributed by atoms with Gasteiger partial charge in [-0.1, -0.05) is 6.07 Å². The molecule has 0 spiro atoms. The molecule has 2 heterocycles. The van der Waals surface area contributed by atoms with Gasteiger partial charge < -0.3 is 15.4 Å². The van der Waals surface area contributed by atoms with Gasteiger partial charge in [-0.2, -0.15) is 17.5 Å². The van der Waals surface area contributed by atoms with E-state index in [1.807, 2.05) is 0 Å². The molecule has 29 heavy (non-hydrogen) atoms. The van der Waals surface area contributed by atoms with Gasteiger partial charge in [-0.15, -0.1) is 0 Å². The molecule has 2 aromatic carbocycles. The third kappa shape index (κ3) is 3.79. The maximum absolute atomic E-state index is 12.9. The molecule has 1 saturated heterocycles. The summed E-state index contributed by atoms with van der Waals surface area (Å²) in [6.45, 7) is 3.71. The second-order valence-corrected chi connectivity index (χ2v) is 9.28. The summed E-state index contributed by atoms with van der Waals surface area (Å²) in [5.41, 5.74) is 0.681. The smallest absolute Gasteiger partial charge is 0.416 e. The fraction of sp³-hybridized carbons (Fsp3) is 0.368. The van der Waals surface area contributed by atoms with Crippen molar-refractivity contribution in [2.45, 2.75) is 18.3 Å². The van der Waals surface area contributed by atoms with E-state index in [4.69, 9.17) is 4.74 Å². The van der Waals surface area contributed by atoms with E-state index in [1.165, 1.54) is 10.4 Å². The second kappa shape index (κ2) is 7.19. The molecule has 2 aromatic rings. The van der Waals surface area contributed by atoms with E-state index < -0.39 is 27.0 Å². The van der Waals surface area contributed by atoms with Gasteiger partial charge in [0, 0.05) is 26.2 Å². The Morgan fingerprint density at radius 2 is 1.76 bits per heavy atom. The molecule has 0 bridgehead atoms.